The molecule has 214 valence electrons. The number of methoxy groups -OCH3 is 1. The first-order valence-corrected chi connectivity index (χ1v) is 13.9. The van der Waals surface area contributed by atoms with Crippen LogP contribution in [0.25, 0.3) is 22.0 Å². The molecule has 0 aliphatic heterocycles. The van der Waals surface area contributed by atoms with Crippen molar-refractivity contribution < 1.29 is 41.0 Å². The standard InChI is InChI=1S/C28H24F3N3O6S/c1-40-27(37)25(12-16-6-9-20(35)10-7-16)33-26(36)24-15-23(34-41(2,38)39)21-14-18(8-11-22(21)32-24)17-4-3-5-19(13-17)28(29,30)31/h3-11,13-15,25,35H,12H2,1-2H3,(H,32,34)(H,33,36)/t25-/m0/s1. The fourth-order valence-corrected chi connectivity index (χ4v) is 4.68. The molecule has 0 saturated heterocycles. The first kappa shape index (κ1) is 29.3. The van der Waals surface area contributed by atoms with Gasteiger partial charge < -0.3 is 15.2 Å². The molecule has 0 radical (unpaired) electrons. The largest absolute Gasteiger partial charge is 0.508 e. The van der Waals surface area contributed by atoms with E-state index in [9.17, 15) is 36.3 Å². The summed E-state index contributed by atoms with van der Waals surface area (Å²) in [5, 5.41) is 12.3. The van der Waals surface area contributed by atoms with Gasteiger partial charge in [0.25, 0.3) is 5.91 Å². The number of amides is 1. The van der Waals surface area contributed by atoms with E-state index in [-0.39, 0.29) is 40.0 Å². The Kier molecular flexibility index (Phi) is 8.19. The molecule has 41 heavy (non-hydrogen) atoms. The van der Waals surface area contributed by atoms with Crippen LogP contribution in [-0.2, 0) is 32.2 Å². The van der Waals surface area contributed by atoms with Gasteiger partial charge in [0.2, 0.25) is 10.0 Å². The lowest BCUT2D eigenvalue weighted by Crippen LogP contribution is -2.43. The molecule has 3 N–H and O–H groups in total. The van der Waals surface area contributed by atoms with Gasteiger partial charge in [0.15, 0.2) is 0 Å². The van der Waals surface area contributed by atoms with E-state index in [0.717, 1.165) is 25.5 Å². The van der Waals surface area contributed by atoms with Crippen molar-refractivity contribution in [2.75, 3.05) is 18.1 Å². The van der Waals surface area contributed by atoms with Gasteiger partial charge in [-0.15, -0.1) is 0 Å². The molecule has 1 aromatic heterocycles. The summed E-state index contributed by atoms with van der Waals surface area (Å²) in [6.45, 7) is 0. The van der Waals surface area contributed by atoms with Crippen molar-refractivity contribution >= 4 is 38.5 Å². The Labute approximate surface area is 233 Å². The molecule has 4 aromatic rings. The summed E-state index contributed by atoms with van der Waals surface area (Å²) in [6, 6.07) is 15.1. The maximum atomic E-state index is 13.2. The minimum absolute atomic E-state index is 0.0230. The van der Waals surface area contributed by atoms with Gasteiger partial charge in [-0.25, -0.2) is 18.2 Å². The van der Waals surface area contributed by atoms with E-state index in [4.69, 9.17) is 4.74 Å². The molecule has 1 heterocycles. The van der Waals surface area contributed by atoms with Crippen LogP contribution in [0.4, 0.5) is 18.9 Å². The zero-order chi connectivity index (χ0) is 29.9. The number of nitrogens with one attached hydrogen (secondary N) is 2. The summed E-state index contributed by atoms with van der Waals surface area (Å²) in [6.07, 6.45) is -3.62. The lowest BCUT2D eigenvalue weighted by Gasteiger charge is -2.17. The molecule has 0 aliphatic carbocycles. The second-order valence-electron chi connectivity index (χ2n) is 9.16. The Morgan fingerprint density at radius 2 is 1.68 bits per heavy atom. The van der Waals surface area contributed by atoms with E-state index >= 15 is 0 Å². The van der Waals surface area contributed by atoms with Crippen molar-refractivity contribution in [2.24, 2.45) is 0 Å². The number of fused-ring (bicyclic) bond motifs is 1. The Morgan fingerprint density at radius 3 is 2.32 bits per heavy atom. The zero-order valence-corrected chi connectivity index (χ0v) is 22.5. The van der Waals surface area contributed by atoms with Gasteiger partial charge >= 0.3 is 12.1 Å². The van der Waals surface area contributed by atoms with E-state index in [0.29, 0.717) is 11.1 Å². The van der Waals surface area contributed by atoms with Crippen LogP contribution in [0.1, 0.15) is 21.6 Å². The highest BCUT2D eigenvalue weighted by molar-refractivity contribution is 7.92. The number of carbonyl (C=O) groups is 2. The maximum Gasteiger partial charge on any atom is 0.416 e. The number of carbonyl (C=O) groups excluding carboxylic acids is 2. The summed E-state index contributed by atoms with van der Waals surface area (Å²) < 4.78 is 71.1. The third kappa shape index (κ3) is 7.31. The average Bonchev–Trinajstić information content (AvgIpc) is 2.91. The van der Waals surface area contributed by atoms with Crippen molar-refractivity contribution in [1.29, 1.82) is 0 Å². The van der Waals surface area contributed by atoms with Gasteiger partial charge in [-0.3, -0.25) is 9.52 Å². The smallest absolute Gasteiger partial charge is 0.416 e. The van der Waals surface area contributed by atoms with Crippen LogP contribution in [0.15, 0.2) is 72.8 Å². The molecule has 0 spiro atoms. The van der Waals surface area contributed by atoms with Crippen molar-refractivity contribution in [1.82, 2.24) is 10.3 Å². The van der Waals surface area contributed by atoms with Crippen LogP contribution in [0.3, 0.4) is 0 Å². The zero-order valence-electron chi connectivity index (χ0n) is 21.7. The SMILES string of the molecule is COC(=O)[C@H](Cc1ccc(O)cc1)NC(=O)c1cc(NS(C)(=O)=O)c2cc(-c3cccc(C(F)(F)F)c3)ccc2n1. The number of anilines is 1. The summed E-state index contributed by atoms with van der Waals surface area (Å²) in [5.41, 5.74) is 0.281. The van der Waals surface area contributed by atoms with Gasteiger partial charge in [0.05, 0.1) is 30.1 Å². The molecule has 9 nitrogen and oxygen atoms in total. The summed E-state index contributed by atoms with van der Waals surface area (Å²) in [4.78, 5) is 29.9. The summed E-state index contributed by atoms with van der Waals surface area (Å²) in [5.74, 6) is -1.53. The van der Waals surface area contributed by atoms with E-state index in [1.807, 2.05) is 0 Å². The Balaban J connectivity index is 1.73. The van der Waals surface area contributed by atoms with Crippen molar-refractivity contribution in [3.05, 3.63) is 89.6 Å². The lowest BCUT2D eigenvalue weighted by atomic mass is 10.00. The van der Waals surface area contributed by atoms with Crippen LogP contribution >= 0.6 is 0 Å². The number of alkyl halides is 3. The predicted octanol–water partition coefficient (Wildman–Crippen LogP) is 4.51. The van der Waals surface area contributed by atoms with Crippen molar-refractivity contribution in [3.8, 4) is 16.9 Å². The molecule has 3 aromatic carbocycles. The molecule has 0 fully saturated rings. The first-order valence-electron chi connectivity index (χ1n) is 12.0. The third-order valence-electron chi connectivity index (χ3n) is 6.03. The number of nitrogens with zero attached hydrogens (tertiary/aromatic N) is 1. The number of esters is 1. The van der Waals surface area contributed by atoms with Crippen LogP contribution < -0.4 is 10.0 Å². The van der Waals surface area contributed by atoms with E-state index in [2.05, 4.69) is 15.0 Å². The highest BCUT2D eigenvalue weighted by atomic mass is 32.2. The first-order chi connectivity index (χ1) is 19.2. The predicted molar refractivity (Wildman–Crippen MR) is 146 cm³/mol. The second kappa shape index (κ2) is 11.5. The number of benzene rings is 3. The fraction of sp³-hybridized carbons (Fsp3) is 0.179. The number of aromatic hydroxyl groups is 1. The topological polar surface area (TPSA) is 135 Å². The summed E-state index contributed by atoms with van der Waals surface area (Å²) in [7, 11) is -2.70. The lowest BCUT2D eigenvalue weighted by molar-refractivity contribution is -0.143. The number of aromatic nitrogens is 1. The molecular weight excluding hydrogens is 563 g/mol. The van der Waals surface area contributed by atoms with Crippen LogP contribution in [-0.4, -0.2) is 49.8 Å². The van der Waals surface area contributed by atoms with Gasteiger partial charge in [-0.05, 0) is 59.2 Å². The monoisotopic (exact) mass is 587 g/mol. The number of pyridine rings is 1. The normalized spacial score (nSPS) is 12.5. The van der Waals surface area contributed by atoms with Gasteiger partial charge in [0, 0.05) is 11.8 Å². The highest BCUT2D eigenvalue weighted by Gasteiger charge is 2.30. The number of ether oxygens (including phenoxy) is 1. The number of hydrogen-bond acceptors (Lipinski definition) is 7. The van der Waals surface area contributed by atoms with Crippen molar-refractivity contribution in [2.45, 2.75) is 18.6 Å². The molecular formula is C28H24F3N3O6S. The van der Waals surface area contributed by atoms with Crippen LogP contribution in [0, 0.1) is 0 Å². The number of phenols is 1. The molecule has 1 amide bonds. The number of phenolic OH excluding ortho intramolecular Hbond substituents is 1. The molecule has 1 atom stereocenters. The average molecular weight is 588 g/mol. The van der Waals surface area contributed by atoms with Crippen molar-refractivity contribution in [3.63, 3.8) is 0 Å². The highest BCUT2D eigenvalue weighted by Crippen LogP contribution is 2.34. The molecule has 0 saturated carbocycles. The van der Waals surface area contributed by atoms with E-state index in [1.54, 1.807) is 12.1 Å². The second-order valence-corrected chi connectivity index (χ2v) is 10.9. The van der Waals surface area contributed by atoms with Gasteiger partial charge in [0.1, 0.15) is 17.5 Å². The minimum atomic E-state index is -4.55. The van der Waals surface area contributed by atoms with Gasteiger partial charge in [-0.1, -0.05) is 30.3 Å². The third-order valence-corrected chi connectivity index (χ3v) is 6.62. The number of rotatable bonds is 8. The minimum Gasteiger partial charge on any atom is -0.508 e. The molecule has 4 rings (SSSR count). The van der Waals surface area contributed by atoms with Gasteiger partial charge in [-0.2, -0.15) is 13.2 Å². The summed E-state index contributed by atoms with van der Waals surface area (Å²) >= 11 is 0. The van der Waals surface area contributed by atoms with Crippen LogP contribution in [0.2, 0.25) is 0 Å². The molecule has 13 heteroatoms. The van der Waals surface area contributed by atoms with E-state index < -0.39 is 39.7 Å². The number of sulfonamides is 1. The Morgan fingerprint density at radius 1 is 1.00 bits per heavy atom. The van der Waals surface area contributed by atoms with E-state index in [1.165, 1.54) is 48.5 Å². The number of halogens is 3. The number of hydrogen-bond donors (Lipinski definition) is 3. The fourth-order valence-electron chi connectivity index (χ4n) is 4.12. The molecule has 0 bridgehead atoms. The Bertz CT molecular complexity index is 1720. The molecule has 0 aliphatic rings. The van der Waals surface area contributed by atoms with Crippen LogP contribution in [0.5, 0.6) is 5.75 Å². The quantitative estimate of drug-likeness (QED) is 0.258. The maximum absolute atomic E-state index is 13.2. The molecule has 0 unspecified atom stereocenters. The Hall–Kier alpha value is -4.65.